The van der Waals surface area contributed by atoms with E-state index in [9.17, 15) is 14.4 Å². The number of carbonyl (C=O) groups excluding carboxylic acids is 3. The molecule has 0 bridgehead atoms. The Kier molecular flexibility index (Phi) is 4.70. The number of carbonyl (C=O) groups is 3. The zero-order chi connectivity index (χ0) is 19.7. The van der Waals surface area contributed by atoms with Crippen molar-refractivity contribution < 1.29 is 14.4 Å². The summed E-state index contributed by atoms with van der Waals surface area (Å²) in [4.78, 5) is 43.2. The van der Waals surface area contributed by atoms with Crippen LogP contribution in [0.4, 0.5) is 5.69 Å². The van der Waals surface area contributed by atoms with Crippen molar-refractivity contribution in [1.82, 2.24) is 14.5 Å². The average molecular weight is 392 g/mol. The van der Waals surface area contributed by atoms with E-state index in [1.54, 1.807) is 42.6 Å². The van der Waals surface area contributed by atoms with E-state index < -0.39 is 17.7 Å². The number of anilines is 1. The lowest BCUT2D eigenvalue weighted by Gasteiger charge is -2.13. The number of fused-ring (bicyclic) bond motifs is 1. The van der Waals surface area contributed by atoms with Crippen molar-refractivity contribution >= 4 is 35.2 Å². The maximum Gasteiger partial charge on any atom is 0.262 e. The van der Waals surface area contributed by atoms with E-state index >= 15 is 0 Å². The van der Waals surface area contributed by atoms with Crippen LogP contribution in [0.1, 0.15) is 20.7 Å². The first kappa shape index (κ1) is 18.0. The van der Waals surface area contributed by atoms with Gasteiger partial charge in [-0.3, -0.25) is 19.3 Å². The Hall–Kier alpha value is -3.39. The maximum atomic E-state index is 12.3. The minimum Gasteiger partial charge on any atom is -0.329 e. The smallest absolute Gasteiger partial charge is 0.262 e. The summed E-state index contributed by atoms with van der Waals surface area (Å²) in [5.74, 6) is -1.32. The van der Waals surface area contributed by atoms with E-state index in [0.717, 1.165) is 15.0 Å². The molecule has 1 aliphatic rings. The summed E-state index contributed by atoms with van der Waals surface area (Å²) in [5, 5.41) is 3.58. The van der Waals surface area contributed by atoms with Crippen molar-refractivity contribution in [3.63, 3.8) is 0 Å². The lowest BCUT2D eigenvalue weighted by molar-refractivity contribution is -0.116. The van der Waals surface area contributed by atoms with Crippen LogP contribution in [0.5, 0.6) is 0 Å². The highest BCUT2D eigenvalue weighted by Gasteiger charge is 2.36. The Morgan fingerprint density at radius 3 is 2.25 bits per heavy atom. The highest BCUT2D eigenvalue weighted by atomic mass is 32.2. The van der Waals surface area contributed by atoms with Crippen LogP contribution in [-0.2, 0) is 11.8 Å². The Bertz CT molecular complexity index is 1040. The lowest BCUT2D eigenvalue weighted by Crippen LogP contribution is -2.37. The monoisotopic (exact) mass is 392 g/mol. The highest BCUT2D eigenvalue weighted by molar-refractivity contribution is 7.99. The molecule has 8 heteroatoms. The van der Waals surface area contributed by atoms with Crippen LogP contribution in [0.25, 0.3) is 0 Å². The van der Waals surface area contributed by atoms with Gasteiger partial charge in [0, 0.05) is 30.0 Å². The minimum absolute atomic E-state index is 0.323. The predicted molar refractivity (Wildman–Crippen MR) is 104 cm³/mol. The van der Waals surface area contributed by atoms with E-state index in [1.807, 2.05) is 29.9 Å². The van der Waals surface area contributed by atoms with Gasteiger partial charge in [0.1, 0.15) is 6.54 Å². The molecule has 3 aromatic rings. The number of amides is 3. The summed E-state index contributed by atoms with van der Waals surface area (Å²) in [6.07, 6.45) is 3.60. The largest absolute Gasteiger partial charge is 0.329 e. The Labute approximate surface area is 165 Å². The first-order valence-electron chi connectivity index (χ1n) is 8.53. The number of rotatable bonds is 5. The Morgan fingerprint density at radius 2 is 1.68 bits per heavy atom. The fourth-order valence-electron chi connectivity index (χ4n) is 2.89. The third kappa shape index (κ3) is 3.41. The summed E-state index contributed by atoms with van der Waals surface area (Å²) >= 11 is 1.51. The fraction of sp³-hybridized carbons (Fsp3) is 0.100. The molecule has 0 atom stereocenters. The molecular weight excluding hydrogens is 376 g/mol. The summed E-state index contributed by atoms with van der Waals surface area (Å²) in [6.45, 7) is -0.323. The molecule has 7 nitrogen and oxygen atoms in total. The topological polar surface area (TPSA) is 84.3 Å². The molecular formula is C20H16N4O3S. The molecule has 0 saturated carbocycles. The summed E-state index contributed by atoms with van der Waals surface area (Å²) in [6, 6.07) is 13.8. The number of hydrogen-bond acceptors (Lipinski definition) is 5. The average Bonchev–Trinajstić information content (AvgIpc) is 3.20. The van der Waals surface area contributed by atoms with Gasteiger partial charge in [-0.15, -0.1) is 0 Å². The number of aryl methyl sites for hydroxylation is 1. The molecule has 0 saturated heterocycles. The van der Waals surface area contributed by atoms with Crippen LogP contribution in [0.15, 0.2) is 71.0 Å². The Morgan fingerprint density at radius 1 is 1.04 bits per heavy atom. The van der Waals surface area contributed by atoms with Crippen LogP contribution in [0.3, 0.4) is 0 Å². The first-order valence-corrected chi connectivity index (χ1v) is 9.35. The third-order valence-corrected chi connectivity index (χ3v) is 5.39. The van der Waals surface area contributed by atoms with Gasteiger partial charge in [0.2, 0.25) is 5.91 Å². The van der Waals surface area contributed by atoms with Crippen molar-refractivity contribution in [2.75, 3.05) is 11.9 Å². The van der Waals surface area contributed by atoms with Crippen molar-refractivity contribution in [2.24, 2.45) is 7.05 Å². The molecule has 1 aromatic heterocycles. The maximum absolute atomic E-state index is 12.3. The number of aromatic nitrogens is 2. The molecule has 3 amide bonds. The van der Waals surface area contributed by atoms with Crippen molar-refractivity contribution in [3.05, 3.63) is 72.1 Å². The van der Waals surface area contributed by atoms with E-state index in [-0.39, 0.29) is 6.54 Å². The third-order valence-electron chi connectivity index (χ3n) is 4.30. The van der Waals surface area contributed by atoms with Crippen LogP contribution in [-0.4, -0.2) is 38.7 Å². The second-order valence-corrected chi connectivity index (χ2v) is 7.28. The van der Waals surface area contributed by atoms with E-state index in [0.29, 0.717) is 16.8 Å². The summed E-state index contributed by atoms with van der Waals surface area (Å²) in [5.41, 5.74) is 1.25. The number of nitrogens with one attached hydrogen (secondary N) is 1. The van der Waals surface area contributed by atoms with Gasteiger partial charge >= 0.3 is 0 Å². The van der Waals surface area contributed by atoms with Gasteiger partial charge in [-0.05, 0) is 36.4 Å². The summed E-state index contributed by atoms with van der Waals surface area (Å²) < 4.78 is 1.92. The molecule has 0 aliphatic carbocycles. The molecule has 0 spiro atoms. The van der Waals surface area contributed by atoms with Crippen molar-refractivity contribution in [3.8, 4) is 0 Å². The molecule has 2 heterocycles. The number of imide groups is 1. The normalized spacial score (nSPS) is 13.0. The lowest BCUT2D eigenvalue weighted by atomic mass is 10.1. The van der Waals surface area contributed by atoms with Gasteiger partial charge in [0.05, 0.1) is 11.1 Å². The molecule has 1 aliphatic heterocycles. The number of hydrogen-bond donors (Lipinski definition) is 1. The zero-order valence-corrected chi connectivity index (χ0v) is 15.8. The molecule has 28 heavy (non-hydrogen) atoms. The highest BCUT2D eigenvalue weighted by Crippen LogP contribution is 2.27. The molecule has 140 valence electrons. The Balaban J connectivity index is 1.39. The minimum atomic E-state index is -0.447. The van der Waals surface area contributed by atoms with Crippen LogP contribution in [0, 0.1) is 0 Å². The molecule has 4 rings (SSSR count). The van der Waals surface area contributed by atoms with Gasteiger partial charge in [0.25, 0.3) is 11.8 Å². The SMILES string of the molecule is Cn1ccnc1Sc1ccc(NC(=O)CN2C(=O)c3ccccc3C2=O)cc1. The zero-order valence-electron chi connectivity index (χ0n) is 15.0. The number of nitrogens with zero attached hydrogens (tertiary/aromatic N) is 3. The summed E-state index contributed by atoms with van der Waals surface area (Å²) in [7, 11) is 1.92. The van der Waals surface area contributed by atoms with Gasteiger partial charge in [0.15, 0.2) is 5.16 Å². The first-order chi connectivity index (χ1) is 13.5. The van der Waals surface area contributed by atoms with Crippen LogP contribution in [0.2, 0.25) is 0 Å². The van der Waals surface area contributed by atoms with Gasteiger partial charge in [-0.25, -0.2) is 4.98 Å². The number of imidazole rings is 1. The van der Waals surface area contributed by atoms with E-state index in [2.05, 4.69) is 10.3 Å². The van der Waals surface area contributed by atoms with Gasteiger partial charge in [-0.1, -0.05) is 23.9 Å². The molecule has 1 N–H and O–H groups in total. The standard InChI is InChI=1S/C20H16N4O3S/c1-23-11-10-21-20(23)28-14-8-6-13(7-9-14)22-17(25)12-24-18(26)15-4-2-3-5-16(15)19(24)27/h2-11H,12H2,1H3,(H,22,25). The number of benzene rings is 2. The van der Waals surface area contributed by atoms with Crippen LogP contribution >= 0.6 is 11.8 Å². The van der Waals surface area contributed by atoms with Crippen LogP contribution < -0.4 is 5.32 Å². The second kappa shape index (κ2) is 7.32. The molecule has 0 unspecified atom stereocenters. The molecule has 2 aromatic carbocycles. The van der Waals surface area contributed by atoms with Gasteiger partial charge in [-0.2, -0.15) is 0 Å². The predicted octanol–water partition coefficient (Wildman–Crippen LogP) is 2.81. The van der Waals surface area contributed by atoms with Crippen molar-refractivity contribution in [1.29, 1.82) is 0 Å². The van der Waals surface area contributed by atoms with E-state index in [1.165, 1.54) is 11.8 Å². The second-order valence-electron chi connectivity index (χ2n) is 6.24. The quantitative estimate of drug-likeness (QED) is 0.675. The van der Waals surface area contributed by atoms with E-state index in [4.69, 9.17) is 0 Å². The fourth-order valence-corrected chi connectivity index (χ4v) is 3.69. The van der Waals surface area contributed by atoms with Gasteiger partial charge < -0.3 is 9.88 Å². The molecule has 0 fully saturated rings. The molecule has 0 radical (unpaired) electrons. The van der Waals surface area contributed by atoms with Crippen molar-refractivity contribution in [2.45, 2.75) is 10.1 Å².